The zero-order valence-corrected chi connectivity index (χ0v) is 15.4. The normalized spacial score (nSPS) is 20.8. The predicted octanol–water partition coefficient (Wildman–Crippen LogP) is 2.02. The second-order valence-corrected chi connectivity index (χ2v) is 8.20. The molecule has 1 fully saturated rings. The van der Waals surface area contributed by atoms with Crippen molar-refractivity contribution in [2.24, 2.45) is 11.7 Å². The Hall–Kier alpha value is -1.02. The molecule has 0 amide bonds. The van der Waals surface area contributed by atoms with Crippen LogP contribution in [0.25, 0.3) is 0 Å². The number of sulfonamides is 1. The van der Waals surface area contributed by atoms with E-state index in [0.717, 1.165) is 19.3 Å². The van der Waals surface area contributed by atoms with E-state index in [0.29, 0.717) is 43.7 Å². The topological polar surface area (TPSA) is 81.9 Å². The third-order valence-corrected chi connectivity index (χ3v) is 6.49. The number of nitrogens with zero attached hydrogens (tertiary/aromatic N) is 1. The molecule has 24 heavy (non-hydrogen) atoms. The number of halogens is 1. The lowest BCUT2D eigenvalue weighted by atomic mass is 9.92. The molecule has 0 bridgehead atoms. The molecule has 2 aliphatic rings. The molecular weight excluding hydrogens is 352 g/mol. The van der Waals surface area contributed by atoms with E-state index in [-0.39, 0.29) is 23.3 Å². The van der Waals surface area contributed by atoms with Crippen molar-refractivity contribution in [3.63, 3.8) is 0 Å². The summed E-state index contributed by atoms with van der Waals surface area (Å²) in [6, 6.07) is 4.97. The number of hydrogen-bond donors (Lipinski definition) is 1. The molecule has 0 radical (unpaired) electrons. The zero-order chi connectivity index (χ0) is 16.4. The number of nitrogens with two attached hydrogens (primary N) is 1. The molecule has 1 atom stereocenters. The first kappa shape index (κ1) is 19.3. The van der Waals surface area contributed by atoms with E-state index in [9.17, 15) is 8.42 Å². The maximum atomic E-state index is 12.8. The molecule has 3 rings (SSSR count). The summed E-state index contributed by atoms with van der Waals surface area (Å²) in [6.45, 7) is 4.14. The molecule has 136 valence electrons. The third-order valence-electron chi connectivity index (χ3n) is 4.60. The smallest absolute Gasteiger partial charge is 0.243 e. The molecule has 1 aromatic rings. The molecule has 1 aromatic carbocycles. The molecule has 0 aromatic heterocycles. The molecule has 2 heterocycles. The van der Waals surface area contributed by atoms with Crippen molar-refractivity contribution in [1.29, 1.82) is 0 Å². The highest BCUT2D eigenvalue weighted by molar-refractivity contribution is 7.89. The molecule has 0 aliphatic carbocycles. The van der Waals surface area contributed by atoms with E-state index in [1.807, 2.05) is 6.92 Å². The number of hydrogen-bond acceptors (Lipinski definition) is 5. The highest BCUT2D eigenvalue weighted by atomic mass is 35.5. The lowest BCUT2D eigenvalue weighted by Gasteiger charge is -2.33. The van der Waals surface area contributed by atoms with Gasteiger partial charge in [-0.3, -0.25) is 0 Å². The molecule has 8 heteroatoms. The minimum absolute atomic E-state index is 0. The van der Waals surface area contributed by atoms with Crippen molar-refractivity contribution in [2.45, 2.75) is 37.1 Å². The van der Waals surface area contributed by atoms with Gasteiger partial charge < -0.3 is 15.2 Å². The number of benzene rings is 1. The molecular formula is C16H25ClN2O4S. The lowest BCUT2D eigenvalue weighted by Crippen LogP contribution is -2.42. The van der Waals surface area contributed by atoms with Crippen LogP contribution in [-0.2, 0) is 10.0 Å². The maximum absolute atomic E-state index is 12.8. The molecule has 6 nitrogen and oxygen atoms in total. The van der Waals surface area contributed by atoms with Gasteiger partial charge in [0.15, 0.2) is 11.5 Å². The minimum Gasteiger partial charge on any atom is -0.490 e. The van der Waals surface area contributed by atoms with Crippen LogP contribution in [0.3, 0.4) is 0 Å². The van der Waals surface area contributed by atoms with Crippen molar-refractivity contribution < 1.29 is 17.9 Å². The monoisotopic (exact) mass is 376 g/mol. The van der Waals surface area contributed by atoms with Crippen LogP contribution in [0.2, 0.25) is 0 Å². The summed E-state index contributed by atoms with van der Waals surface area (Å²) in [7, 11) is -3.50. The van der Waals surface area contributed by atoms with Crippen molar-refractivity contribution >= 4 is 22.4 Å². The summed E-state index contributed by atoms with van der Waals surface area (Å²) >= 11 is 0. The summed E-state index contributed by atoms with van der Waals surface area (Å²) < 4.78 is 38.4. The summed E-state index contributed by atoms with van der Waals surface area (Å²) in [4.78, 5) is 0.265. The van der Waals surface area contributed by atoms with Crippen molar-refractivity contribution in [2.75, 3.05) is 26.3 Å². The van der Waals surface area contributed by atoms with Gasteiger partial charge in [0.1, 0.15) is 0 Å². The summed E-state index contributed by atoms with van der Waals surface area (Å²) in [5.41, 5.74) is 5.93. The van der Waals surface area contributed by atoms with Gasteiger partial charge in [0.05, 0.1) is 18.1 Å². The quantitative estimate of drug-likeness (QED) is 0.872. The SMILES string of the molecule is CC(N)C1CCN(S(=O)(=O)c2ccc3c(c2)OCCCO3)CC1.Cl. The Labute approximate surface area is 149 Å². The largest absolute Gasteiger partial charge is 0.490 e. The highest BCUT2D eigenvalue weighted by Crippen LogP contribution is 2.33. The van der Waals surface area contributed by atoms with Gasteiger partial charge in [-0.05, 0) is 37.8 Å². The maximum Gasteiger partial charge on any atom is 0.243 e. The number of rotatable bonds is 3. The Morgan fingerprint density at radius 2 is 1.79 bits per heavy atom. The third kappa shape index (κ3) is 3.96. The summed E-state index contributed by atoms with van der Waals surface area (Å²) in [5, 5.41) is 0. The van der Waals surface area contributed by atoms with Gasteiger partial charge in [0.25, 0.3) is 0 Å². The van der Waals surface area contributed by atoms with Crippen LogP contribution in [0.4, 0.5) is 0 Å². The van der Waals surface area contributed by atoms with Crippen molar-refractivity contribution in [1.82, 2.24) is 4.31 Å². The Bertz CT molecular complexity index is 658. The first-order valence-corrected chi connectivity index (χ1v) is 9.58. The van der Waals surface area contributed by atoms with Gasteiger partial charge in [-0.2, -0.15) is 4.31 Å². The number of piperidine rings is 1. The number of ether oxygens (including phenoxy) is 2. The van der Waals surface area contributed by atoms with E-state index in [2.05, 4.69) is 0 Å². The minimum atomic E-state index is -3.50. The zero-order valence-electron chi connectivity index (χ0n) is 13.8. The van der Waals surface area contributed by atoms with E-state index in [1.54, 1.807) is 22.5 Å². The van der Waals surface area contributed by atoms with Gasteiger partial charge >= 0.3 is 0 Å². The van der Waals surface area contributed by atoms with Crippen LogP contribution in [0.1, 0.15) is 26.2 Å². The molecule has 0 saturated carbocycles. The second kappa shape index (κ2) is 7.91. The summed E-state index contributed by atoms with van der Waals surface area (Å²) in [6.07, 6.45) is 2.41. The fraction of sp³-hybridized carbons (Fsp3) is 0.625. The highest BCUT2D eigenvalue weighted by Gasteiger charge is 2.31. The lowest BCUT2D eigenvalue weighted by molar-refractivity contribution is 0.250. The first-order valence-electron chi connectivity index (χ1n) is 8.14. The van der Waals surface area contributed by atoms with Gasteiger partial charge in [-0.15, -0.1) is 12.4 Å². The van der Waals surface area contributed by atoms with Crippen molar-refractivity contribution in [3.05, 3.63) is 18.2 Å². The standard InChI is InChI=1S/C16H24N2O4S.ClH/c1-12(17)13-5-7-18(8-6-13)23(19,20)14-3-4-15-16(11-14)22-10-2-9-21-15;/h3-4,11-13H,2,5-10,17H2,1H3;1H. The van der Waals surface area contributed by atoms with Crippen LogP contribution >= 0.6 is 12.4 Å². The van der Waals surface area contributed by atoms with Gasteiger partial charge in [-0.1, -0.05) is 0 Å². The van der Waals surface area contributed by atoms with Crippen LogP contribution in [-0.4, -0.2) is 45.1 Å². The average Bonchev–Trinajstić information content (AvgIpc) is 2.79. The van der Waals surface area contributed by atoms with Gasteiger partial charge in [-0.25, -0.2) is 8.42 Å². The Balaban J connectivity index is 0.00000208. The van der Waals surface area contributed by atoms with Crippen molar-refractivity contribution in [3.8, 4) is 11.5 Å². The molecule has 1 unspecified atom stereocenters. The Kier molecular flexibility index (Phi) is 6.36. The summed E-state index contributed by atoms with van der Waals surface area (Å²) in [5.74, 6) is 1.51. The van der Waals surface area contributed by atoms with E-state index < -0.39 is 10.0 Å². The van der Waals surface area contributed by atoms with Crippen LogP contribution in [0, 0.1) is 5.92 Å². The van der Waals surface area contributed by atoms with Crippen LogP contribution in [0.5, 0.6) is 11.5 Å². The molecule has 2 aliphatic heterocycles. The van der Waals surface area contributed by atoms with E-state index in [4.69, 9.17) is 15.2 Å². The molecule has 2 N–H and O–H groups in total. The predicted molar refractivity (Wildman–Crippen MR) is 94.4 cm³/mol. The molecule has 0 spiro atoms. The fourth-order valence-corrected chi connectivity index (χ4v) is 4.58. The second-order valence-electron chi connectivity index (χ2n) is 6.26. The van der Waals surface area contributed by atoms with Crippen LogP contribution in [0.15, 0.2) is 23.1 Å². The Morgan fingerprint density at radius 3 is 2.42 bits per heavy atom. The fourth-order valence-electron chi connectivity index (χ4n) is 3.10. The molecule has 1 saturated heterocycles. The first-order chi connectivity index (χ1) is 11.0. The number of fused-ring (bicyclic) bond motifs is 1. The van der Waals surface area contributed by atoms with Gasteiger partial charge in [0, 0.05) is 31.6 Å². The van der Waals surface area contributed by atoms with Gasteiger partial charge in [0.2, 0.25) is 10.0 Å². The van der Waals surface area contributed by atoms with Crippen LogP contribution < -0.4 is 15.2 Å². The van der Waals surface area contributed by atoms with E-state index in [1.165, 1.54) is 0 Å². The van der Waals surface area contributed by atoms with E-state index >= 15 is 0 Å². The Morgan fingerprint density at radius 1 is 1.17 bits per heavy atom. The average molecular weight is 377 g/mol.